The van der Waals surface area contributed by atoms with Crippen LogP contribution in [0, 0.1) is 0 Å². The first kappa shape index (κ1) is 16.8. The van der Waals surface area contributed by atoms with Crippen LogP contribution in [0.1, 0.15) is 10.4 Å². The van der Waals surface area contributed by atoms with Crippen LogP contribution in [0.25, 0.3) is 16.2 Å². The summed E-state index contributed by atoms with van der Waals surface area (Å²) in [6.07, 6.45) is 3.83. The van der Waals surface area contributed by atoms with Crippen LogP contribution in [0.15, 0.2) is 57.7 Å². The summed E-state index contributed by atoms with van der Waals surface area (Å²) in [4.78, 5) is 16.3. The molecule has 0 fully saturated rings. The summed E-state index contributed by atoms with van der Waals surface area (Å²) in [5.41, 5.74) is 2.01. The fourth-order valence-electron chi connectivity index (χ4n) is 2.35. The van der Waals surface area contributed by atoms with E-state index in [0.29, 0.717) is 5.69 Å². The minimum absolute atomic E-state index is 0.0479. The number of thiazole rings is 1. The smallest absolute Gasteiger partial charge is 0.336 e. The number of imidazole rings is 1. The second-order valence-electron chi connectivity index (χ2n) is 5.36. The van der Waals surface area contributed by atoms with Gasteiger partial charge < -0.3 is 5.11 Å². The molecule has 26 heavy (non-hydrogen) atoms. The Morgan fingerprint density at radius 1 is 1.19 bits per heavy atom. The number of nitrogens with zero attached hydrogens (tertiary/aromatic N) is 2. The molecule has 0 aliphatic rings. The Kier molecular flexibility index (Phi) is 4.02. The van der Waals surface area contributed by atoms with Gasteiger partial charge in [-0.3, -0.25) is 9.12 Å². The monoisotopic (exact) mass is 405 g/mol. The molecule has 0 aliphatic heterocycles. The number of fused-ring (bicyclic) bond motifs is 1. The van der Waals surface area contributed by atoms with Crippen molar-refractivity contribution in [3.63, 3.8) is 0 Å². The molecular formula is C16H11N3O4S3. The maximum atomic E-state index is 12.4. The molecule has 0 spiro atoms. The number of hydrogen-bond acceptors (Lipinski definition) is 6. The lowest BCUT2D eigenvalue weighted by molar-refractivity contribution is 0.0697. The lowest BCUT2D eigenvalue weighted by atomic mass is 10.1. The lowest BCUT2D eigenvalue weighted by Crippen LogP contribution is -2.11. The van der Waals surface area contributed by atoms with Crippen molar-refractivity contribution in [2.24, 2.45) is 0 Å². The topological polar surface area (TPSA) is 101 Å². The van der Waals surface area contributed by atoms with Gasteiger partial charge in [0.05, 0.1) is 11.3 Å². The number of thiophene rings is 1. The van der Waals surface area contributed by atoms with E-state index in [0.717, 1.165) is 33.6 Å². The minimum atomic E-state index is -3.83. The third-order valence-corrected chi connectivity index (χ3v) is 7.20. The first-order valence-corrected chi connectivity index (χ1v) is 10.5. The fraction of sp³-hybridized carbons (Fsp3) is 0. The van der Waals surface area contributed by atoms with E-state index in [4.69, 9.17) is 5.11 Å². The van der Waals surface area contributed by atoms with Crippen LogP contribution in [0.4, 0.5) is 5.69 Å². The number of aromatic carboxylic acids is 1. The van der Waals surface area contributed by atoms with E-state index < -0.39 is 16.0 Å². The molecule has 7 nitrogen and oxygen atoms in total. The van der Waals surface area contributed by atoms with Crippen LogP contribution in [0.2, 0.25) is 0 Å². The quantitative estimate of drug-likeness (QED) is 0.528. The molecule has 1 aromatic carbocycles. The summed E-state index contributed by atoms with van der Waals surface area (Å²) in [7, 11) is -3.83. The highest BCUT2D eigenvalue weighted by atomic mass is 32.2. The Balaban J connectivity index is 1.56. The van der Waals surface area contributed by atoms with Gasteiger partial charge >= 0.3 is 5.97 Å². The molecule has 0 saturated carbocycles. The number of carbonyl (C=O) groups is 1. The van der Waals surface area contributed by atoms with Gasteiger partial charge in [0.2, 0.25) is 0 Å². The molecule has 2 N–H and O–H groups in total. The van der Waals surface area contributed by atoms with E-state index in [1.165, 1.54) is 16.7 Å². The van der Waals surface area contributed by atoms with Gasteiger partial charge in [-0.1, -0.05) is 12.1 Å². The average Bonchev–Trinajstić information content (AvgIpc) is 3.31. The molecule has 4 rings (SSSR count). The van der Waals surface area contributed by atoms with Crippen LogP contribution in [0.3, 0.4) is 0 Å². The summed E-state index contributed by atoms with van der Waals surface area (Å²) in [5.74, 6) is -1.16. The third kappa shape index (κ3) is 3.09. The number of nitrogens with one attached hydrogen (secondary N) is 1. The van der Waals surface area contributed by atoms with Crippen molar-refractivity contribution in [1.29, 1.82) is 0 Å². The number of anilines is 1. The van der Waals surface area contributed by atoms with Crippen LogP contribution >= 0.6 is 22.7 Å². The Labute approximate surface area is 156 Å². The minimum Gasteiger partial charge on any atom is -0.478 e. The SMILES string of the molecule is O=C(O)c1csc(S(=O)(=O)Nc2ccc(-c3cn4ccsc4n3)cc2)c1. The van der Waals surface area contributed by atoms with E-state index in [-0.39, 0.29) is 9.77 Å². The van der Waals surface area contributed by atoms with E-state index in [1.807, 2.05) is 22.2 Å². The number of carboxylic acid groups (broad SMARTS) is 1. The van der Waals surface area contributed by atoms with Crippen molar-refractivity contribution in [2.45, 2.75) is 4.21 Å². The van der Waals surface area contributed by atoms with Crippen molar-refractivity contribution in [3.05, 3.63) is 59.0 Å². The highest BCUT2D eigenvalue weighted by Gasteiger charge is 2.19. The molecule has 0 saturated heterocycles. The third-order valence-electron chi connectivity index (χ3n) is 3.61. The number of rotatable bonds is 5. The normalized spacial score (nSPS) is 11.7. The molecule has 3 heterocycles. The largest absolute Gasteiger partial charge is 0.478 e. The average molecular weight is 405 g/mol. The molecule has 0 atom stereocenters. The van der Waals surface area contributed by atoms with Gasteiger partial charge in [0, 0.05) is 34.4 Å². The summed E-state index contributed by atoms with van der Waals surface area (Å²) in [6.45, 7) is 0. The van der Waals surface area contributed by atoms with Gasteiger partial charge in [-0.25, -0.2) is 18.2 Å². The highest BCUT2D eigenvalue weighted by molar-refractivity contribution is 7.94. The van der Waals surface area contributed by atoms with Crippen LogP contribution in [-0.4, -0.2) is 28.9 Å². The predicted molar refractivity (Wildman–Crippen MR) is 101 cm³/mol. The molecule has 0 amide bonds. The summed E-state index contributed by atoms with van der Waals surface area (Å²) in [6, 6.07) is 7.99. The first-order chi connectivity index (χ1) is 12.4. The van der Waals surface area contributed by atoms with Crippen LogP contribution in [-0.2, 0) is 10.0 Å². The Morgan fingerprint density at radius 2 is 1.96 bits per heavy atom. The van der Waals surface area contributed by atoms with Gasteiger partial charge in [0.15, 0.2) is 4.96 Å². The lowest BCUT2D eigenvalue weighted by Gasteiger charge is -2.06. The standard InChI is InChI=1S/C16H11N3O4S3/c20-15(21)11-7-14(25-9-11)26(22,23)18-12-3-1-10(2-4-12)13-8-19-5-6-24-16(19)17-13/h1-9,18H,(H,20,21). The fourth-order valence-corrected chi connectivity index (χ4v) is 5.26. The maximum Gasteiger partial charge on any atom is 0.336 e. The van der Waals surface area contributed by atoms with Gasteiger partial charge in [0.1, 0.15) is 4.21 Å². The second-order valence-corrected chi connectivity index (χ2v) is 9.05. The molecule has 132 valence electrons. The maximum absolute atomic E-state index is 12.4. The zero-order chi connectivity index (χ0) is 18.3. The van der Waals surface area contributed by atoms with E-state index >= 15 is 0 Å². The first-order valence-electron chi connectivity index (χ1n) is 7.30. The Hall–Kier alpha value is -2.69. The predicted octanol–water partition coefficient (Wildman–Crippen LogP) is 3.62. The molecular weight excluding hydrogens is 394 g/mol. The molecule has 0 radical (unpaired) electrons. The second kappa shape index (κ2) is 6.24. The van der Waals surface area contributed by atoms with Gasteiger partial charge in [-0.2, -0.15) is 0 Å². The molecule has 4 aromatic rings. The molecule has 0 bridgehead atoms. The molecule has 3 aromatic heterocycles. The molecule has 0 unspecified atom stereocenters. The number of aromatic nitrogens is 2. The number of hydrogen-bond donors (Lipinski definition) is 2. The van der Waals surface area contributed by atoms with Crippen molar-refractivity contribution in [3.8, 4) is 11.3 Å². The number of carboxylic acids is 1. The zero-order valence-corrected chi connectivity index (χ0v) is 15.4. The van der Waals surface area contributed by atoms with Gasteiger partial charge in [-0.05, 0) is 18.2 Å². The summed E-state index contributed by atoms with van der Waals surface area (Å²) >= 11 is 2.40. The molecule has 10 heteroatoms. The number of sulfonamides is 1. The summed E-state index contributed by atoms with van der Waals surface area (Å²) < 4.78 is 29.1. The van der Waals surface area contributed by atoms with Gasteiger partial charge in [0.25, 0.3) is 10.0 Å². The van der Waals surface area contributed by atoms with Gasteiger partial charge in [-0.15, -0.1) is 22.7 Å². The van der Waals surface area contributed by atoms with E-state index in [9.17, 15) is 13.2 Å². The summed E-state index contributed by atoms with van der Waals surface area (Å²) in [5, 5.41) is 12.2. The Morgan fingerprint density at radius 3 is 2.62 bits per heavy atom. The van der Waals surface area contributed by atoms with Crippen LogP contribution in [0.5, 0.6) is 0 Å². The molecule has 0 aliphatic carbocycles. The zero-order valence-electron chi connectivity index (χ0n) is 13.0. The van der Waals surface area contributed by atoms with E-state index in [1.54, 1.807) is 24.3 Å². The highest BCUT2D eigenvalue weighted by Crippen LogP contribution is 2.26. The number of benzene rings is 1. The Bertz CT molecular complexity index is 1170. The van der Waals surface area contributed by atoms with Crippen molar-refractivity contribution >= 4 is 49.3 Å². The van der Waals surface area contributed by atoms with Crippen molar-refractivity contribution in [1.82, 2.24) is 9.38 Å². The van der Waals surface area contributed by atoms with E-state index in [2.05, 4.69) is 9.71 Å². The van der Waals surface area contributed by atoms with Crippen molar-refractivity contribution in [2.75, 3.05) is 4.72 Å². The van der Waals surface area contributed by atoms with Crippen LogP contribution < -0.4 is 4.72 Å². The van der Waals surface area contributed by atoms with Crippen molar-refractivity contribution < 1.29 is 18.3 Å².